The standard InChI is InChI=1S/C12H18N2O2/c13-10-2-1-3-11(8-10)15-6-4-12-9-14-5-7-16-12/h1-3,8,12,14H,4-7,9,13H2. The van der Waals surface area contributed by atoms with Crippen LogP contribution in [0.1, 0.15) is 6.42 Å². The molecule has 3 N–H and O–H groups in total. The second kappa shape index (κ2) is 5.72. The largest absolute Gasteiger partial charge is 0.493 e. The average molecular weight is 222 g/mol. The lowest BCUT2D eigenvalue weighted by molar-refractivity contribution is 0.0159. The third-order valence-corrected chi connectivity index (χ3v) is 2.57. The van der Waals surface area contributed by atoms with Gasteiger partial charge in [-0.1, -0.05) is 6.07 Å². The van der Waals surface area contributed by atoms with Crippen LogP contribution in [-0.4, -0.2) is 32.4 Å². The van der Waals surface area contributed by atoms with Crippen molar-refractivity contribution >= 4 is 5.69 Å². The first-order valence-corrected chi connectivity index (χ1v) is 5.65. The Morgan fingerprint density at radius 3 is 3.19 bits per heavy atom. The van der Waals surface area contributed by atoms with Gasteiger partial charge in [-0.15, -0.1) is 0 Å². The molecule has 0 amide bonds. The van der Waals surface area contributed by atoms with E-state index in [1.54, 1.807) is 0 Å². The number of hydrogen-bond acceptors (Lipinski definition) is 4. The number of nitrogens with two attached hydrogens (primary N) is 1. The highest BCUT2D eigenvalue weighted by molar-refractivity contribution is 5.43. The van der Waals surface area contributed by atoms with Crippen LogP contribution in [0.5, 0.6) is 5.75 Å². The van der Waals surface area contributed by atoms with Gasteiger partial charge in [-0.2, -0.15) is 0 Å². The van der Waals surface area contributed by atoms with Crippen molar-refractivity contribution < 1.29 is 9.47 Å². The zero-order valence-electron chi connectivity index (χ0n) is 9.32. The molecule has 1 aromatic rings. The number of ether oxygens (including phenoxy) is 2. The van der Waals surface area contributed by atoms with Crippen molar-refractivity contribution in [2.24, 2.45) is 0 Å². The van der Waals surface area contributed by atoms with Crippen molar-refractivity contribution in [2.75, 3.05) is 32.0 Å². The van der Waals surface area contributed by atoms with Crippen LogP contribution in [0, 0.1) is 0 Å². The molecule has 0 aliphatic carbocycles. The molecule has 1 aliphatic heterocycles. The van der Waals surface area contributed by atoms with E-state index in [-0.39, 0.29) is 6.10 Å². The minimum Gasteiger partial charge on any atom is -0.493 e. The fourth-order valence-corrected chi connectivity index (χ4v) is 1.72. The Morgan fingerprint density at radius 2 is 2.44 bits per heavy atom. The Labute approximate surface area is 95.7 Å². The van der Waals surface area contributed by atoms with Crippen LogP contribution in [0.15, 0.2) is 24.3 Å². The number of benzene rings is 1. The third kappa shape index (κ3) is 3.40. The molecule has 1 saturated heterocycles. The first-order valence-electron chi connectivity index (χ1n) is 5.65. The first-order chi connectivity index (χ1) is 7.84. The minimum atomic E-state index is 0.273. The summed E-state index contributed by atoms with van der Waals surface area (Å²) in [6.07, 6.45) is 1.18. The minimum absolute atomic E-state index is 0.273. The maximum atomic E-state index is 5.66. The lowest BCUT2D eigenvalue weighted by atomic mass is 10.2. The highest BCUT2D eigenvalue weighted by Crippen LogP contribution is 2.15. The molecule has 4 heteroatoms. The highest BCUT2D eigenvalue weighted by Gasteiger charge is 2.12. The molecule has 16 heavy (non-hydrogen) atoms. The Kier molecular flexibility index (Phi) is 4.02. The van der Waals surface area contributed by atoms with Crippen molar-refractivity contribution in [3.05, 3.63) is 24.3 Å². The molecule has 0 radical (unpaired) electrons. The van der Waals surface area contributed by atoms with E-state index in [1.807, 2.05) is 24.3 Å². The molecular formula is C12H18N2O2. The molecule has 0 saturated carbocycles. The van der Waals surface area contributed by atoms with Crippen LogP contribution in [-0.2, 0) is 4.74 Å². The predicted molar refractivity (Wildman–Crippen MR) is 63.6 cm³/mol. The second-order valence-electron chi connectivity index (χ2n) is 3.91. The van der Waals surface area contributed by atoms with Gasteiger partial charge in [-0.25, -0.2) is 0 Å². The molecule has 1 unspecified atom stereocenters. The van der Waals surface area contributed by atoms with Crippen molar-refractivity contribution in [3.63, 3.8) is 0 Å². The Balaban J connectivity index is 1.71. The SMILES string of the molecule is Nc1cccc(OCCC2CNCCO2)c1. The summed E-state index contributed by atoms with van der Waals surface area (Å²) in [5, 5.41) is 3.29. The molecule has 1 fully saturated rings. The fraction of sp³-hybridized carbons (Fsp3) is 0.500. The summed E-state index contributed by atoms with van der Waals surface area (Å²) < 4.78 is 11.2. The van der Waals surface area contributed by atoms with Gasteiger partial charge in [0.1, 0.15) is 5.75 Å². The van der Waals surface area contributed by atoms with Gasteiger partial charge in [0.15, 0.2) is 0 Å². The van der Waals surface area contributed by atoms with E-state index in [0.29, 0.717) is 6.61 Å². The van der Waals surface area contributed by atoms with Crippen LogP contribution in [0.25, 0.3) is 0 Å². The summed E-state index contributed by atoms with van der Waals surface area (Å²) in [5.74, 6) is 0.823. The lowest BCUT2D eigenvalue weighted by Gasteiger charge is -2.23. The highest BCUT2D eigenvalue weighted by atomic mass is 16.5. The van der Waals surface area contributed by atoms with Gasteiger partial charge in [-0.3, -0.25) is 0 Å². The Morgan fingerprint density at radius 1 is 1.50 bits per heavy atom. The van der Waals surface area contributed by atoms with E-state index in [4.69, 9.17) is 15.2 Å². The van der Waals surface area contributed by atoms with Crippen molar-refractivity contribution in [3.8, 4) is 5.75 Å². The molecule has 1 atom stereocenters. The van der Waals surface area contributed by atoms with Crippen molar-refractivity contribution in [1.82, 2.24) is 5.32 Å². The molecule has 1 aliphatic rings. The molecule has 0 spiro atoms. The van der Waals surface area contributed by atoms with Crippen LogP contribution < -0.4 is 15.8 Å². The van der Waals surface area contributed by atoms with Crippen LogP contribution in [0.3, 0.4) is 0 Å². The van der Waals surface area contributed by atoms with Crippen molar-refractivity contribution in [1.29, 1.82) is 0 Å². The molecule has 4 nitrogen and oxygen atoms in total. The molecule has 2 rings (SSSR count). The van der Waals surface area contributed by atoms with Gasteiger partial charge in [0.2, 0.25) is 0 Å². The summed E-state index contributed by atoms with van der Waals surface area (Å²) in [6, 6.07) is 7.49. The van der Waals surface area contributed by atoms with Gasteiger partial charge < -0.3 is 20.5 Å². The lowest BCUT2D eigenvalue weighted by Crippen LogP contribution is -2.39. The number of hydrogen-bond donors (Lipinski definition) is 2. The Bertz CT molecular complexity index is 325. The average Bonchev–Trinajstić information content (AvgIpc) is 2.30. The topological polar surface area (TPSA) is 56.5 Å². The molecule has 0 aromatic heterocycles. The maximum Gasteiger partial charge on any atom is 0.121 e. The van der Waals surface area contributed by atoms with Gasteiger partial charge in [0, 0.05) is 31.3 Å². The van der Waals surface area contributed by atoms with Crippen LogP contribution in [0.2, 0.25) is 0 Å². The maximum absolute atomic E-state index is 5.66. The first kappa shape index (κ1) is 11.2. The van der Waals surface area contributed by atoms with E-state index in [9.17, 15) is 0 Å². The summed E-state index contributed by atoms with van der Waals surface area (Å²) in [6.45, 7) is 3.33. The van der Waals surface area contributed by atoms with Crippen LogP contribution >= 0.6 is 0 Å². The van der Waals surface area contributed by atoms with Crippen molar-refractivity contribution in [2.45, 2.75) is 12.5 Å². The zero-order valence-corrected chi connectivity index (χ0v) is 9.32. The predicted octanol–water partition coefficient (Wildman–Crippen LogP) is 1.03. The molecule has 88 valence electrons. The summed E-state index contributed by atoms with van der Waals surface area (Å²) in [4.78, 5) is 0. The number of rotatable bonds is 4. The summed E-state index contributed by atoms with van der Waals surface area (Å²) in [7, 11) is 0. The van der Waals surface area contributed by atoms with Gasteiger partial charge >= 0.3 is 0 Å². The van der Waals surface area contributed by atoms with Gasteiger partial charge in [0.25, 0.3) is 0 Å². The monoisotopic (exact) mass is 222 g/mol. The van der Waals surface area contributed by atoms with E-state index in [2.05, 4.69) is 5.32 Å². The third-order valence-electron chi connectivity index (χ3n) is 2.57. The Hall–Kier alpha value is -1.26. The number of morpholine rings is 1. The molecule has 0 bridgehead atoms. The fourth-order valence-electron chi connectivity index (χ4n) is 1.72. The van der Waals surface area contributed by atoms with E-state index < -0.39 is 0 Å². The smallest absolute Gasteiger partial charge is 0.121 e. The van der Waals surface area contributed by atoms with Crippen LogP contribution in [0.4, 0.5) is 5.69 Å². The van der Waals surface area contributed by atoms with E-state index in [1.165, 1.54) is 0 Å². The zero-order chi connectivity index (χ0) is 11.2. The van der Waals surface area contributed by atoms with E-state index in [0.717, 1.165) is 37.6 Å². The number of nitrogen functional groups attached to an aromatic ring is 1. The van der Waals surface area contributed by atoms with E-state index >= 15 is 0 Å². The summed E-state index contributed by atoms with van der Waals surface area (Å²) >= 11 is 0. The normalized spacial score (nSPS) is 20.6. The number of anilines is 1. The second-order valence-corrected chi connectivity index (χ2v) is 3.91. The molecule has 1 heterocycles. The molecular weight excluding hydrogens is 204 g/mol. The van der Waals surface area contributed by atoms with Gasteiger partial charge in [-0.05, 0) is 12.1 Å². The van der Waals surface area contributed by atoms with Gasteiger partial charge in [0.05, 0.1) is 19.3 Å². The summed E-state index contributed by atoms with van der Waals surface area (Å²) in [5.41, 5.74) is 6.39. The number of nitrogens with one attached hydrogen (secondary N) is 1. The molecule has 1 aromatic carbocycles. The quantitative estimate of drug-likeness (QED) is 0.747.